The first-order valence-corrected chi connectivity index (χ1v) is 8.28. The van der Waals surface area contributed by atoms with Crippen molar-refractivity contribution >= 4 is 21.7 Å². The van der Waals surface area contributed by atoms with Gasteiger partial charge in [0.1, 0.15) is 11.6 Å². The van der Waals surface area contributed by atoms with E-state index in [0.717, 1.165) is 40.7 Å². The summed E-state index contributed by atoms with van der Waals surface area (Å²) < 4.78 is 1.03. The average Bonchev–Trinajstić information content (AvgIpc) is 2.90. The van der Waals surface area contributed by atoms with Gasteiger partial charge >= 0.3 is 0 Å². The Kier molecular flexibility index (Phi) is 5.20. The van der Waals surface area contributed by atoms with Crippen molar-refractivity contribution in [1.29, 1.82) is 0 Å². The van der Waals surface area contributed by atoms with Crippen LogP contribution < -0.4 is 5.32 Å². The number of nitrogens with one attached hydrogen (secondary N) is 1. The van der Waals surface area contributed by atoms with E-state index in [1.165, 1.54) is 25.7 Å². The Balaban J connectivity index is 2.27. The minimum atomic E-state index is 0.556. The van der Waals surface area contributed by atoms with Crippen LogP contribution in [0.25, 0.3) is 0 Å². The Morgan fingerprint density at radius 1 is 1.21 bits per heavy atom. The summed E-state index contributed by atoms with van der Waals surface area (Å²) >= 11 is 3.62. The van der Waals surface area contributed by atoms with Crippen LogP contribution in [0.4, 0.5) is 5.82 Å². The van der Waals surface area contributed by atoms with Crippen LogP contribution in [0.2, 0.25) is 0 Å². The highest BCUT2D eigenvalue weighted by molar-refractivity contribution is 9.10. The minimum Gasteiger partial charge on any atom is -0.369 e. The predicted octanol–water partition coefficient (Wildman–Crippen LogP) is 4.53. The van der Waals surface area contributed by atoms with Crippen LogP contribution >= 0.6 is 15.9 Å². The van der Waals surface area contributed by atoms with Crippen molar-refractivity contribution in [2.24, 2.45) is 5.92 Å². The van der Waals surface area contributed by atoms with Gasteiger partial charge in [-0.25, -0.2) is 9.97 Å². The Morgan fingerprint density at radius 2 is 2.00 bits per heavy atom. The third-order valence-electron chi connectivity index (χ3n) is 4.10. The fourth-order valence-corrected chi connectivity index (χ4v) is 3.49. The highest BCUT2D eigenvalue weighted by atomic mass is 79.9. The molecule has 1 heterocycles. The fourth-order valence-electron chi connectivity index (χ4n) is 2.89. The molecule has 0 bridgehead atoms. The van der Waals surface area contributed by atoms with Crippen molar-refractivity contribution in [3.05, 3.63) is 16.0 Å². The van der Waals surface area contributed by atoms with Crippen LogP contribution in [0, 0.1) is 5.92 Å². The van der Waals surface area contributed by atoms with Crippen molar-refractivity contribution in [2.45, 2.75) is 58.8 Å². The normalized spacial score (nSPS) is 22.7. The van der Waals surface area contributed by atoms with Crippen molar-refractivity contribution in [3.8, 4) is 0 Å². The fraction of sp³-hybridized carbons (Fsp3) is 0.733. The molecule has 1 aliphatic rings. The lowest BCUT2D eigenvalue weighted by molar-refractivity contribution is 0.516. The molecule has 106 valence electrons. The second-order valence-corrected chi connectivity index (χ2v) is 6.15. The Bertz CT molecular complexity index is 434. The van der Waals surface area contributed by atoms with E-state index in [9.17, 15) is 0 Å². The molecule has 2 unspecified atom stereocenters. The van der Waals surface area contributed by atoms with E-state index in [-0.39, 0.29) is 0 Å². The molecule has 0 spiro atoms. The summed E-state index contributed by atoms with van der Waals surface area (Å²) in [4.78, 5) is 9.54. The van der Waals surface area contributed by atoms with E-state index in [1.807, 2.05) is 0 Å². The van der Waals surface area contributed by atoms with Crippen LogP contribution in [0.15, 0.2) is 4.47 Å². The molecule has 2 rings (SSSR count). The second kappa shape index (κ2) is 6.69. The van der Waals surface area contributed by atoms with Gasteiger partial charge in [0, 0.05) is 12.5 Å². The van der Waals surface area contributed by atoms with Crippen molar-refractivity contribution in [2.75, 3.05) is 11.9 Å². The van der Waals surface area contributed by atoms with E-state index in [1.54, 1.807) is 0 Å². The van der Waals surface area contributed by atoms with Gasteiger partial charge in [0.15, 0.2) is 0 Å². The molecule has 2 atom stereocenters. The summed E-state index contributed by atoms with van der Waals surface area (Å²) in [6.07, 6.45) is 6.06. The summed E-state index contributed by atoms with van der Waals surface area (Å²) in [5, 5.41) is 3.34. The van der Waals surface area contributed by atoms with Gasteiger partial charge < -0.3 is 5.32 Å². The first kappa shape index (κ1) is 14.8. The molecule has 19 heavy (non-hydrogen) atoms. The summed E-state index contributed by atoms with van der Waals surface area (Å²) in [7, 11) is 0. The highest BCUT2D eigenvalue weighted by Gasteiger charge is 2.27. The molecule has 1 aromatic rings. The molecule has 0 amide bonds. The van der Waals surface area contributed by atoms with E-state index >= 15 is 0 Å². The van der Waals surface area contributed by atoms with E-state index < -0.39 is 0 Å². The monoisotopic (exact) mass is 325 g/mol. The van der Waals surface area contributed by atoms with Gasteiger partial charge in [0.25, 0.3) is 0 Å². The topological polar surface area (TPSA) is 37.8 Å². The summed E-state index contributed by atoms with van der Waals surface area (Å²) in [5.74, 6) is 3.43. The number of aryl methyl sites for hydroxylation is 1. The molecule has 1 fully saturated rings. The van der Waals surface area contributed by atoms with Crippen LogP contribution in [0.1, 0.15) is 63.9 Å². The maximum atomic E-state index is 4.79. The van der Waals surface area contributed by atoms with Crippen LogP contribution in [-0.2, 0) is 6.42 Å². The number of aromatic nitrogens is 2. The molecule has 1 aromatic heterocycles. The standard InChI is InChI=1S/C15H24BrN3/c1-4-10-7-8-11(9-10)14-18-12(5-2)13(16)15(19-14)17-6-3/h10-11H,4-9H2,1-3H3,(H,17,18,19). The van der Waals surface area contributed by atoms with Gasteiger partial charge in [-0.2, -0.15) is 0 Å². The molecule has 1 N–H and O–H groups in total. The first-order chi connectivity index (χ1) is 9.19. The molecule has 3 nitrogen and oxygen atoms in total. The number of hydrogen-bond donors (Lipinski definition) is 1. The van der Waals surface area contributed by atoms with Gasteiger partial charge in [-0.15, -0.1) is 0 Å². The van der Waals surface area contributed by atoms with Gasteiger partial charge in [-0.3, -0.25) is 0 Å². The number of hydrogen-bond acceptors (Lipinski definition) is 3. The molecule has 1 saturated carbocycles. The number of halogens is 1. The number of nitrogens with zero attached hydrogens (tertiary/aromatic N) is 2. The van der Waals surface area contributed by atoms with Crippen LogP contribution in [0.5, 0.6) is 0 Å². The smallest absolute Gasteiger partial charge is 0.144 e. The maximum Gasteiger partial charge on any atom is 0.144 e. The number of anilines is 1. The third kappa shape index (κ3) is 3.28. The zero-order chi connectivity index (χ0) is 13.8. The van der Waals surface area contributed by atoms with Gasteiger partial charge in [-0.1, -0.05) is 20.3 Å². The largest absolute Gasteiger partial charge is 0.369 e. The molecule has 0 saturated heterocycles. The SMILES string of the molecule is CCNc1nc(C2CCC(CC)C2)nc(CC)c1Br. The van der Waals surface area contributed by atoms with Crippen molar-refractivity contribution in [1.82, 2.24) is 9.97 Å². The maximum absolute atomic E-state index is 4.79. The van der Waals surface area contributed by atoms with Crippen LogP contribution in [-0.4, -0.2) is 16.5 Å². The Labute approximate surface area is 124 Å². The van der Waals surface area contributed by atoms with E-state index in [2.05, 4.69) is 42.0 Å². The lowest BCUT2D eigenvalue weighted by Gasteiger charge is -2.15. The molecular formula is C15H24BrN3. The first-order valence-electron chi connectivity index (χ1n) is 7.49. The van der Waals surface area contributed by atoms with Crippen LogP contribution in [0.3, 0.4) is 0 Å². The van der Waals surface area contributed by atoms with Gasteiger partial charge in [0.2, 0.25) is 0 Å². The summed E-state index contributed by atoms with van der Waals surface area (Å²) in [5.41, 5.74) is 1.13. The zero-order valence-electron chi connectivity index (χ0n) is 12.2. The molecule has 0 radical (unpaired) electrons. The van der Waals surface area contributed by atoms with E-state index in [0.29, 0.717) is 5.92 Å². The average molecular weight is 326 g/mol. The lowest BCUT2D eigenvalue weighted by atomic mass is 10.0. The third-order valence-corrected chi connectivity index (χ3v) is 4.93. The Hall–Kier alpha value is -0.640. The predicted molar refractivity (Wildman–Crippen MR) is 83.6 cm³/mol. The van der Waals surface area contributed by atoms with Gasteiger partial charge in [-0.05, 0) is 54.5 Å². The molecule has 0 aliphatic heterocycles. The quantitative estimate of drug-likeness (QED) is 0.864. The van der Waals surface area contributed by atoms with Crippen molar-refractivity contribution in [3.63, 3.8) is 0 Å². The molecule has 0 aromatic carbocycles. The lowest BCUT2D eigenvalue weighted by Crippen LogP contribution is -2.10. The number of rotatable bonds is 5. The zero-order valence-corrected chi connectivity index (χ0v) is 13.8. The second-order valence-electron chi connectivity index (χ2n) is 5.36. The highest BCUT2D eigenvalue weighted by Crippen LogP contribution is 2.39. The van der Waals surface area contributed by atoms with Crippen molar-refractivity contribution < 1.29 is 0 Å². The summed E-state index contributed by atoms with van der Waals surface area (Å²) in [6, 6.07) is 0. The Morgan fingerprint density at radius 3 is 2.58 bits per heavy atom. The molecular weight excluding hydrogens is 302 g/mol. The molecule has 4 heteroatoms. The van der Waals surface area contributed by atoms with Gasteiger partial charge in [0.05, 0.1) is 10.2 Å². The summed E-state index contributed by atoms with van der Waals surface area (Å²) in [6.45, 7) is 7.43. The van der Waals surface area contributed by atoms with E-state index in [4.69, 9.17) is 9.97 Å². The molecule has 1 aliphatic carbocycles. The minimum absolute atomic E-state index is 0.556.